The van der Waals surface area contributed by atoms with Crippen molar-refractivity contribution in [2.75, 3.05) is 0 Å². The Kier molecular flexibility index (Phi) is 5.22. The molecule has 0 saturated carbocycles. The van der Waals surface area contributed by atoms with E-state index >= 15 is 0 Å². The summed E-state index contributed by atoms with van der Waals surface area (Å²) in [6, 6.07) is 2.88. The smallest absolute Gasteiger partial charge is 0.191 e. The average Bonchev–Trinajstić information content (AvgIpc) is 2.26. The molecule has 0 spiro atoms. The van der Waals surface area contributed by atoms with Crippen LogP contribution in [0.5, 0.6) is 0 Å². The second-order valence-corrected chi connectivity index (χ2v) is 7.04. The molecule has 8 heteroatoms. The summed E-state index contributed by atoms with van der Waals surface area (Å²) in [5.41, 5.74) is -0.123. The van der Waals surface area contributed by atoms with Gasteiger partial charge in [0.25, 0.3) is 0 Å². The van der Waals surface area contributed by atoms with E-state index in [1.807, 2.05) is 0 Å². The van der Waals surface area contributed by atoms with Crippen molar-refractivity contribution in [1.29, 1.82) is 0 Å². The largest absolute Gasteiger partial charge is 0.458 e. The summed E-state index contributed by atoms with van der Waals surface area (Å²) < 4.78 is 62.6. The lowest BCUT2D eigenvalue weighted by Crippen LogP contribution is -2.33. The maximum Gasteiger partial charge on any atom is 0.458 e. The molecule has 0 bridgehead atoms. The molecule has 0 amide bonds. The molecule has 18 heavy (non-hydrogen) atoms. The van der Waals surface area contributed by atoms with Crippen LogP contribution in [0.25, 0.3) is 0 Å². The lowest BCUT2D eigenvalue weighted by atomic mass is 10.0. The van der Waals surface area contributed by atoms with Gasteiger partial charge in [-0.15, -0.1) is 0 Å². The first-order valence-corrected chi connectivity index (χ1v) is 7.48. The zero-order valence-electron chi connectivity index (χ0n) is 8.54. The van der Waals surface area contributed by atoms with E-state index in [9.17, 15) is 22.0 Å². The highest BCUT2D eigenvalue weighted by Gasteiger charge is 2.58. The SMILES string of the molecule is FC(F)(F)C(F)(F)c1ccc(CBr)c(C(Br)Br)c1. The molecule has 0 heterocycles. The van der Waals surface area contributed by atoms with Crippen LogP contribution >= 0.6 is 47.8 Å². The third-order valence-electron chi connectivity index (χ3n) is 2.24. The van der Waals surface area contributed by atoms with Gasteiger partial charge in [-0.05, 0) is 17.2 Å². The fourth-order valence-corrected chi connectivity index (χ4v) is 2.64. The van der Waals surface area contributed by atoms with Gasteiger partial charge in [0.2, 0.25) is 0 Å². The van der Waals surface area contributed by atoms with Gasteiger partial charge >= 0.3 is 12.1 Å². The number of hydrogen-bond acceptors (Lipinski definition) is 0. The molecule has 1 aromatic rings. The molecule has 1 rings (SSSR count). The zero-order valence-corrected chi connectivity index (χ0v) is 13.3. The van der Waals surface area contributed by atoms with E-state index in [0.717, 1.165) is 12.1 Å². The second kappa shape index (κ2) is 5.75. The number of alkyl halides is 8. The van der Waals surface area contributed by atoms with Crippen LogP contribution in [0.2, 0.25) is 0 Å². The van der Waals surface area contributed by atoms with Crippen LogP contribution in [0, 0.1) is 0 Å². The number of hydrogen-bond donors (Lipinski definition) is 0. The molecule has 0 atom stereocenters. The van der Waals surface area contributed by atoms with Crippen LogP contribution in [-0.2, 0) is 11.3 Å². The van der Waals surface area contributed by atoms with Crippen LogP contribution < -0.4 is 0 Å². The Morgan fingerprint density at radius 1 is 1.06 bits per heavy atom. The maximum absolute atomic E-state index is 13.2. The fraction of sp³-hybridized carbons (Fsp3) is 0.400. The Labute approximate surface area is 125 Å². The molecule has 0 saturated heterocycles. The van der Waals surface area contributed by atoms with Crippen LogP contribution in [0.1, 0.15) is 20.4 Å². The Bertz CT molecular complexity index is 428. The standard InChI is InChI=1S/C10H6Br3F5/c11-4-5-1-2-6(3-7(5)8(12)13)9(14,15)10(16,17)18/h1-3,8H,4H2. The van der Waals surface area contributed by atoms with E-state index in [1.165, 1.54) is 6.07 Å². The predicted molar refractivity (Wildman–Crippen MR) is 69.6 cm³/mol. The molecule has 0 aliphatic rings. The molecule has 0 N–H and O–H groups in total. The van der Waals surface area contributed by atoms with Gasteiger partial charge in [0.15, 0.2) is 0 Å². The molecule has 0 unspecified atom stereocenters. The fourth-order valence-electron chi connectivity index (χ4n) is 1.28. The number of benzene rings is 1. The topological polar surface area (TPSA) is 0 Å². The molecule has 0 aliphatic heterocycles. The van der Waals surface area contributed by atoms with E-state index in [2.05, 4.69) is 47.8 Å². The Morgan fingerprint density at radius 2 is 1.61 bits per heavy atom. The minimum absolute atomic E-state index is 0.327. The lowest BCUT2D eigenvalue weighted by Gasteiger charge is -2.21. The highest BCUT2D eigenvalue weighted by molar-refractivity contribution is 9.24. The first-order valence-electron chi connectivity index (χ1n) is 4.53. The Morgan fingerprint density at radius 3 is 2.00 bits per heavy atom. The van der Waals surface area contributed by atoms with Crippen LogP contribution in [0.15, 0.2) is 18.2 Å². The van der Waals surface area contributed by atoms with Crippen molar-refractivity contribution in [2.45, 2.75) is 21.2 Å². The summed E-state index contributed by atoms with van der Waals surface area (Å²) in [6.07, 6.45) is -5.60. The summed E-state index contributed by atoms with van der Waals surface area (Å²) in [5.74, 6) is -4.86. The maximum atomic E-state index is 13.2. The van der Waals surface area contributed by atoms with E-state index in [1.54, 1.807) is 0 Å². The monoisotopic (exact) mass is 458 g/mol. The van der Waals surface area contributed by atoms with Crippen molar-refractivity contribution >= 4 is 47.8 Å². The minimum atomic E-state index is -5.60. The van der Waals surface area contributed by atoms with Crippen molar-refractivity contribution in [3.8, 4) is 0 Å². The third-order valence-corrected chi connectivity index (χ3v) is 3.83. The summed E-state index contributed by atoms with van der Waals surface area (Å²) in [4.78, 5) is 0. The van der Waals surface area contributed by atoms with Gasteiger partial charge < -0.3 is 0 Å². The molecular weight excluding hydrogens is 455 g/mol. The van der Waals surface area contributed by atoms with Gasteiger partial charge in [0, 0.05) is 10.9 Å². The van der Waals surface area contributed by atoms with Crippen molar-refractivity contribution in [3.63, 3.8) is 0 Å². The van der Waals surface area contributed by atoms with Gasteiger partial charge in [-0.2, -0.15) is 22.0 Å². The van der Waals surface area contributed by atoms with Crippen LogP contribution in [0.3, 0.4) is 0 Å². The van der Waals surface area contributed by atoms with E-state index < -0.39 is 21.4 Å². The normalized spacial score (nSPS) is 13.2. The molecular formula is C10H6Br3F5. The van der Waals surface area contributed by atoms with Gasteiger partial charge in [-0.3, -0.25) is 0 Å². The molecule has 1 aromatic carbocycles. The zero-order chi connectivity index (χ0) is 14.1. The summed E-state index contributed by atoms with van der Waals surface area (Å²) in [5, 5.41) is 0.355. The first-order chi connectivity index (χ1) is 8.11. The van der Waals surface area contributed by atoms with Crippen molar-refractivity contribution in [1.82, 2.24) is 0 Å². The molecule has 0 nitrogen and oxygen atoms in total. The van der Waals surface area contributed by atoms with Gasteiger partial charge in [-0.25, -0.2) is 0 Å². The molecule has 0 fully saturated rings. The van der Waals surface area contributed by atoms with Crippen molar-refractivity contribution in [2.24, 2.45) is 0 Å². The molecule has 0 radical (unpaired) electrons. The summed E-state index contributed by atoms with van der Waals surface area (Å²) >= 11 is 9.33. The van der Waals surface area contributed by atoms with E-state index in [-0.39, 0.29) is 0 Å². The average molecular weight is 461 g/mol. The number of halogens is 8. The van der Waals surface area contributed by atoms with Gasteiger partial charge in [-0.1, -0.05) is 59.9 Å². The number of rotatable bonds is 3. The molecule has 102 valence electrons. The van der Waals surface area contributed by atoms with Crippen molar-refractivity contribution < 1.29 is 22.0 Å². The second-order valence-electron chi connectivity index (χ2n) is 3.42. The van der Waals surface area contributed by atoms with Gasteiger partial charge in [0.1, 0.15) is 0 Å². The highest BCUT2D eigenvalue weighted by Crippen LogP contribution is 2.45. The Balaban J connectivity index is 3.33. The molecule has 0 aliphatic carbocycles. The Hall–Kier alpha value is 0.310. The highest BCUT2D eigenvalue weighted by atomic mass is 79.9. The van der Waals surface area contributed by atoms with E-state index in [4.69, 9.17) is 0 Å². The lowest BCUT2D eigenvalue weighted by molar-refractivity contribution is -0.289. The summed E-state index contributed by atoms with van der Waals surface area (Å²) in [7, 11) is 0. The van der Waals surface area contributed by atoms with Crippen molar-refractivity contribution in [3.05, 3.63) is 34.9 Å². The quantitative estimate of drug-likeness (QED) is 0.382. The minimum Gasteiger partial charge on any atom is -0.191 e. The van der Waals surface area contributed by atoms with Gasteiger partial charge in [0.05, 0.1) is 3.74 Å². The third kappa shape index (κ3) is 3.25. The van der Waals surface area contributed by atoms with Crippen LogP contribution in [-0.4, -0.2) is 6.18 Å². The first kappa shape index (κ1) is 16.4. The summed E-state index contributed by atoms with van der Waals surface area (Å²) in [6.45, 7) is 0. The van der Waals surface area contributed by atoms with E-state index in [0.29, 0.717) is 16.5 Å². The van der Waals surface area contributed by atoms with Crippen LogP contribution in [0.4, 0.5) is 22.0 Å². The predicted octanol–water partition coefficient (Wildman–Crippen LogP) is 6.02. The molecule has 0 aromatic heterocycles.